The third-order valence-corrected chi connectivity index (χ3v) is 4.56. The lowest BCUT2D eigenvalue weighted by atomic mass is 9.86. The molecule has 0 spiro atoms. The van der Waals surface area contributed by atoms with Crippen LogP contribution in [-0.2, 0) is 4.79 Å². The van der Waals surface area contributed by atoms with Gasteiger partial charge in [-0.15, -0.1) is 5.06 Å². The molecule has 0 aliphatic carbocycles. The number of hydrogen-bond donors (Lipinski definition) is 3. The average molecular weight is 418 g/mol. The largest absolute Gasteiger partial charge is 0.383 e. The van der Waals surface area contributed by atoms with Crippen LogP contribution in [-0.4, -0.2) is 43.6 Å². The minimum Gasteiger partial charge on any atom is -0.383 e. The lowest BCUT2D eigenvalue weighted by Crippen LogP contribution is -2.49. The number of benzene rings is 1. The van der Waals surface area contributed by atoms with E-state index in [1.807, 2.05) is 65.0 Å². The Kier molecular flexibility index (Phi) is 7.69. The molecule has 2 rings (SSSR count). The van der Waals surface area contributed by atoms with Gasteiger partial charge in [0.2, 0.25) is 0 Å². The summed E-state index contributed by atoms with van der Waals surface area (Å²) in [6, 6.07) is 7.32. The molecule has 30 heavy (non-hydrogen) atoms. The molecule has 0 aliphatic rings. The van der Waals surface area contributed by atoms with E-state index in [0.717, 1.165) is 5.56 Å². The maximum Gasteiger partial charge on any atom is 0.349 e. The Hall–Kier alpha value is -2.78. The number of rotatable bonds is 7. The van der Waals surface area contributed by atoms with Crippen LogP contribution < -0.4 is 5.32 Å². The molecule has 3 N–H and O–H groups in total. The number of aromatic nitrogens is 2. The van der Waals surface area contributed by atoms with Crippen molar-refractivity contribution in [3.05, 3.63) is 36.2 Å². The number of hydroxylamine groups is 2. The monoisotopic (exact) mass is 418 g/mol. The van der Waals surface area contributed by atoms with Crippen molar-refractivity contribution in [3.8, 4) is 11.5 Å². The number of carbonyl (C=O) groups is 2. The molecule has 0 saturated carbocycles. The Balaban J connectivity index is 2.14. The smallest absolute Gasteiger partial charge is 0.349 e. The Morgan fingerprint density at radius 1 is 1.17 bits per heavy atom. The van der Waals surface area contributed by atoms with E-state index >= 15 is 0 Å². The van der Waals surface area contributed by atoms with Crippen molar-refractivity contribution in [1.82, 2.24) is 20.5 Å². The van der Waals surface area contributed by atoms with Crippen molar-refractivity contribution in [2.24, 2.45) is 11.3 Å². The zero-order valence-electron chi connectivity index (χ0n) is 18.0. The van der Waals surface area contributed by atoms with Gasteiger partial charge in [0.25, 0.3) is 11.8 Å². The van der Waals surface area contributed by atoms with Crippen molar-refractivity contribution in [3.63, 3.8) is 0 Å². The number of hydrogen-bond acceptors (Lipinski definition) is 7. The van der Waals surface area contributed by atoms with Crippen LogP contribution in [0.15, 0.2) is 34.9 Å². The average Bonchev–Trinajstić information content (AvgIpc) is 3.18. The van der Waals surface area contributed by atoms with Gasteiger partial charge < -0.3 is 14.9 Å². The molecule has 1 heterocycles. The van der Waals surface area contributed by atoms with Gasteiger partial charge in [0, 0.05) is 5.56 Å². The van der Waals surface area contributed by atoms with Gasteiger partial charge in [-0.1, -0.05) is 58.0 Å². The van der Waals surface area contributed by atoms with E-state index in [1.165, 1.54) is 0 Å². The highest BCUT2D eigenvalue weighted by Gasteiger charge is 2.35. The Morgan fingerprint density at radius 2 is 1.80 bits per heavy atom. The van der Waals surface area contributed by atoms with Crippen molar-refractivity contribution >= 4 is 11.9 Å². The molecule has 2 atom stereocenters. The van der Waals surface area contributed by atoms with Crippen molar-refractivity contribution in [2.75, 3.05) is 0 Å². The van der Waals surface area contributed by atoms with Crippen LogP contribution in [0, 0.1) is 11.3 Å². The lowest BCUT2D eigenvalue weighted by molar-refractivity contribution is -0.162. The predicted octanol–water partition coefficient (Wildman–Crippen LogP) is 3.55. The zero-order valence-corrected chi connectivity index (χ0v) is 18.0. The lowest BCUT2D eigenvalue weighted by Gasteiger charge is -2.30. The zero-order chi connectivity index (χ0) is 22.5. The maximum atomic E-state index is 12.5. The second kappa shape index (κ2) is 9.82. The van der Waals surface area contributed by atoms with E-state index in [9.17, 15) is 19.9 Å². The van der Waals surface area contributed by atoms with Crippen LogP contribution in [0.3, 0.4) is 0 Å². The van der Waals surface area contributed by atoms with Gasteiger partial charge in [-0.25, -0.2) is 4.79 Å². The second-order valence-electron chi connectivity index (χ2n) is 8.71. The number of imide groups is 1. The Morgan fingerprint density at radius 3 is 2.37 bits per heavy atom. The molecule has 9 nitrogen and oxygen atoms in total. The fourth-order valence-electron chi connectivity index (χ4n) is 2.76. The summed E-state index contributed by atoms with van der Waals surface area (Å²) in [5, 5.41) is 26.4. The highest BCUT2D eigenvalue weighted by Crippen LogP contribution is 2.32. The molecule has 3 amide bonds. The molecule has 1 unspecified atom stereocenters. The van der Waals surface area contributed by atoms with Gasteiger partial charge in [0.1, 0.15) is 6.10 Å². The van der Waals surface area contributed by atoms with Crippen molar-refractivity contribution in [1.29, 1.82) is 0 Å². The molecule has 164 valence electrons. The van der Waals surface area contributed by atoms with Gasteiger partial charge in [0.15, 0.2) is 5.82 Å². The predicted molar refractivity (Wildman–Crippen MR) is 109 cm³/mol. The van der Waals surface area contributed by atoms with Crippen molar-refractivity contribution in [2.45, 2.75) is 59.6 Å². The van der Waals surface area contributed by atoms with Gasteiger partial charge in [0.05, 0.1) is 6.04 Å². The molecule has 0 fully saturated rings. The van der Waals surface area contributed by atoms with Crippen LogP contribution in [0.1, 0.15) is 59.3 Å². The summed E-state index contributed by atoms with van der Waals surface area (Å²) < 4.78 is 5.31. The minimum atomic E-state index is -1.47. The second-order valence-corrected chi connectivity index (χ2v) is 8.71. The number of aliphatic hydroxyl groups is 1. The molecule has 9 heteroatoms. The van der Waals surface area contributed by atoms with Gasteiger partial charge in [-0.05, 0) is 36.3 Å². The number of nitrogens with zero attached hydrogens (tertiary/aromatic N) is 3. The van der Waals surface area contributed by atoms with E-state index in [0.29, 0.717) is 6.42 Å². The molecule has 0 bridgehead atoms. The van der Waals surface area contributed by atoms with Crippen LogP contribution in [0.25, 0.3) is 11.5 Å². The summed E-state index contributed by atoms with van der Waals surface area (Å²) in [5.41, 5.74) is 0.163. The molecular weight excluding hydrogens is 388 g/mol. The van der Waals surface area contributed by atoms with Crippen LogP contribution in [0.5, 0.6) is 0 Å². The number of aliphatic hydroxyl groups excluding tert-OH is 1. The van der Waals surface area contributed by atoms with Gasteiger partial charge in [-0.2, -0.15) is 4.98 Å². The first-order valence-electron chi connectivity index (χ1n) is 9.91. The van der Waals surface area contributed by atoms with E-state index in [2.05, 4.69) is 15.5 Å². The summed E-state index contributed by atoms with van der Waals surface area (Å²) in [5.74, 6) is -0.319. The van der Waals surface area contributed by atoms with Gasteiger partial charge in [-0.3, -0.25) is 10.0 Å². The highest BCUT2D eigenvalue weighted by atomic mass is 16.5. The molecule has 1 aromatic heterocycles. The fourth-order valence-corrected chi connectivity index (χ4v) is 2.76. The molecule has 1 aromatic carbocycles. The minimum absolute atomic E-state index is 0.0953. The quantitative estimate of drug-likeness (QED) is 0.463. The Labute approximate surface area is 176 Å². The topological polar surface area (TPSA) is 129 Å². The van der Waals surface area contributed by atoms with E-state index < -0.39 is 29.5 Å². The number of amides is 3. The van der Waals surface area contributed by atoms with Crippen LogP contribution in [0.4, 0.5) is 4.79 Å². The SMILES string of the molecule is CC(C)CC[C@H](O)C(=O)N(O)C(=O)NC(c1noc(-c2ccccc2)n1)C(C)(C)C. The fraction of sp³-hybridized carbons (Fsp3) is 0.524. The maximum absolute atomic E-state index is 12.5. The molecule has 0 saturated heterocycles. The summed E-state index contributed by atoms with van der Waals surface area (Å²) in [4.78, 5) is 29.0. The summed E-state index contributed by atoms with van der Waals surface area (Å²) in [7, 11) is 0. The first-order chi connectivity index (χ1) is 14.0. The highest BCUT2D eigenvalue weighted by molar-refractivity contribution is 5.95. The number of carbonyl (C=O) groups excluding carboxylic acids is 2. The standard InChI is InChI=1S/C21H30N4O5/c1-13(2)11-12-15(26)19(27)25(29)20(28)22-16(21(3,4)5)17-23-18(30-24-17)14-9-7-6-8-10-14/h6-10,13,15-16,26,29H,11-12H2,1-5H3,(H,22,28)/t15-,16?/m0/s1. The molecular formula is C21H30N4O5. The molecule has 0 aliphatic heterocycles. The van der Waals surface area contributed by atoms with E-state index in [1.54, 1.807) is 0 Å². The van der Waals surface area contributed by atoms with Crippen LogP contribution >= 0.6 is 0 Å². The summed E-state index contributed by atoms with van der Waals surface area (Å²) >= 11 is 0. The first kappa shape index (κ1) is 23.5. The normalized spacial score (nSPS) is 13.7. The number of nitrogens with one attached hydrogen (secondary N) is 1. The van der Waals surface area contributed by atoms with E-state index in [4.69, 9.17) is 4.52 Å². The number of urea groups is 1. The summed E-state index contributed by atoms with van der Waals surface area (Å²) in [6.07, 6.45) is -0.737. The van der Waals surface area contributed by atoms with E-state index in [-0.39, 0.29) is 29.1 Å². The van der Waals surface area contributed by atoms with Crippen LogP contribution in [0.2, 0.25) is 0 Å². The molecule has 0 radical (unpaired) electrons. The Bertz CT molecular complexity index is 845. The third kappa shape index (κ3) is 6.11. The van der Waals surface area contributed by atoms with Crippen molar-refractivity contribution < 1.29 is 24.4 Å². The third-order valence-electron chi connectivity index (χ3n) is 4.56. The van der Waals surface area contributed by atoms with Gasteiger partial charge >= 0.3 is 6.03 Å². The summed E-state index contributed by atoms with van der Waals surface area (Å²) in [6.45, 7) is 9.43. The first-order valence-corrected chi connectivity index (χ1v) is 9.91. The molecule has 2 aromatic rings.